The third-order valence-electron chi connectivity index (χ3n) is 6.87. The number of Topliss-reactive ketones (excluding diaryl/α,β-unsaturated/α-hetero) is 1. The summed E-state index contributed by atoms with van der Waals surface area (Å²) in [5.74, 6) is -0.416. The number of nitrogens with zero attached hydrogens (tertiary/aromatic N) is 1. The monoisotopic (exact) mass is 441 g/mol. The average molecular weight is 442 g/mol. The predicted molar refractivity (Wildman–Crippen MR) is 127 cm³/mol. The molecule has 1 saturated heterocycles. The first kappa shape index (κ1) is 21.3. The summed E-state index contributed by atoms with van der Waals surface area (Å²) in [6, 6.07) is 14.2. The Balaban J connectivity index is 1.69. The van der Waals surface area contributed by atoms with E-state index in [0.29, 0.717) is 22.8 Å². The van der Waals surface area contributed by atoms with E-state index in [2.05, 4.69) is 0 Å². The van der Waals surface area contributed by atoms with Crippen LogP contribution in [-0.4, -0.2) is 16.8 Å². The number of rotatable bonds is 3. The van der Waals surface area contributed by atoms with Gasteiger partial charge in [-0.1, -0.05) is 18.2 Å². The van der Waals surface area contributed by atoms with Gasteiger partial charge >= 0.3 is 0 Å². The van der Waals surface area contributed by atoms with Crippen LogP contribution in [0.2, 0.25) is 0 Å². The fourth-order valence-electron chi connectivity index (χ4n) is 4.88. The van der Waals surface area contributed by atoms with Gasteiger partial charge in [0.2, 0.25) is 0 Å². The number of carbonyl (C=O) groups is 2. The normalized spacial score (nSPS) is 19.7. The summed E-state index contributed by atoms with van der Waals surface area (Å²) in [6.07, 6.45) is 4.25. The van der Waals surface area contributed by atoms with E-state index in [1.165, 1.54) is 16.0 Å². The number of amides is 1. The number of furan rings is 1. The predicted octanol–water partition coefficient (Wildman–Crippen LogP) is 5.71. The number of hydrogen-bond acceptors (Lipinski definition) is 4. The highest BCUT2D eigenvalue weighted by atomic mass is 16.3. The molecule has 33 heavy (non-hydrogen) atoms. The fraction of sp³-hybridized carbons (Fsp3) is 0.286. The van der Waals surface area contributed by atoms with Crippen LogP contribution in [0.3, 0.4) is 0 Å². The summed E-state index contributed by atoms with van der Waals surface area (Å²) < 4.78 is 5.89. The number of aryl methyl sites for hydroxylation is 5. The van der Waals surface area contributed by atoms with E-state index in [1.54, 1.807) is 12.1 Å². The van der Waals surface area contributed by atoms with E-state index in [1.807, 2.05) is 57.2 Å². The number of hydrogen-bond donors (Lipinski definition) is 1. The van der Waals surface area contributed by atoms with Crippen LogP contribution in [-0.2, 0) is 22.4 Å². The molecule has 5 nitrogen and oxygen atoms in total. The zero-order chi connectivity index (χ0) is 23.3. The standard InChI is InChI=1S/C28H27NO4/c1-16-8-12-22(14-17(16)2)29-25(23-13-9-18(3)33-23)24(27(31)28(29)32)26(30)21-11-10-19-6-4-5-7-20(19)15-21/h8-15,25,30H,4-7H2,1-3H3/b26-24-. The fourth-order valence-corrected chi connectivity index (χ4v) is 4.88. The second-order valence-corrected chi connectivity index (χ2v) is 9.08. The minimum absolute atomic E-state index is 0.0586. The Morgan fingerprint density at radius 3 is 2.36 bits per heavy atom. The Kier molecular flexibility index (Phi) is 5.20. The Bertz CT molecular complexity index is 1310. The molecule has 2 heterocycles. The van der Waals surface area contributed by atoms with Crippen molar-refractivity contribution >= 4 is 23.1 Å². The highest BCUT2D eigenvalue weighted by Gasteiger charge is 2.48. The summed E-state index contributed by atoms with van der Waals surface area (Å²) in [6.45, 7) is 5.78. The van der Waals surface area contributed by atoms with Crippen molar-refractivity contribution in [1.29, 1.82) is 0 Å². The van der Waals surface area contributed by atoms with Gasteiger partial charge < -0.3 is 9.52 Å². The van der Waals surface area contributed by atoms with Crippen LogP contribution in [0.25, 0.3) is 5.76 Å². The Hall–Kier alpha value is -3.60. The van der Waals surface area contributed by atoms with Crippen molar-refractivity contribution in [1.82, 2.24) is 0 Å². The maximum atomic E-state index is 13.3. The van der Waals surface area contributed by atoms with Crippen molar-refractivity contribution in [3.63, 3.8) is 0 Å². The molecule has 0 saturated carbocycles. The van der Waals surface area contributed by atoms with Crippen molar-refractivity contribution in [2.75, 3.05) is 4.90 Å². The summed E-state index contributed by atoms with van der Waals surface area (Å²) in [7, 11) is 0. The van der Waals surface area contributed by atoms with Crippen LogP contribution in [0.1, 0.15) is 58.2 Å². The molecule has 3 aromatic rings. The molecule has 5 heteroatoms. The van der Waals surface area contributed by atoms with Gasteiger partial charge in [0.1, 0.15) is 23.3 Å². The Morgan fingerprint density at radius 2 is 1.67 bits per heavy atom. The Labute approximate surface area is 193 Å². The molecule has 1 aliphatic heterocycles. The number of fused-ring (bicyclic) bond motifs is 1. The van der Waals surface area contributed by atoms with E-state index in [4.69, 9.17) is 4.42 Å². The molecule has 1 fully saturated rings. The maximum absolute atomic E-state index is 13.3. The van der Waals surface area contributed by atoms with E-state index in [9.17, 15) is 14.7 Å². The first-order valence-electron chi connectivity index (χ1n) is 11.4. The van der Waals surface area contributed by atoms with Gasteiger partial charge in [-0.3, -0.25) is 14.5 Å². The second kappa shape index (κ2) is 8.07. The first-order valence-corrected chi connectivity index (χ1v) is 11.4. The number of aliphatic hydroxyl groups is 1. The van der Waals surface area contributed by atoms with Gasteiger partial charge in [0.05, 0.1) is 5.57 Å². The van der Waals surface area contributed by atoms with Gasteiger partial charge in [0, 0.05) is 11.3 Å². The van der Waals surface area contributed by atoms with Gasteiger partial charge in [0.25, 0.3) is 11.7 Å². The van der Waals surface area contributed by atoms with E-state index >= 15 is 0 Å². The molecule has 168 valence electrons. The lowest BCUT2D eigenvalue weighted by molar-refractivity contribution is -0.132. The lowest BCUT2D eigenvalue weighted by Gasteiger charge is -2.24. The smallest absolute Gasteiger partial charge is 0.300 e. The van der Waals surface area contributed by atoms with Crippen LogP contribution in [0.15, 0.2) is 58.5 Å². The van der Waals surface area contributed by atoms with Gasteiger partial charge in [-0.2, -0.15) is 0 Å². The number of ketones is 1. The lowest BCUT2D eigenvalue weighted by atomic mass is 9.89. The van der Waals surface area contributed by atoms with Gasteiger partial charge in [-0.25, -0.2) is 0 Å². The molecule has 1 aromatic heterocycles. The minimum atomic E-state index is -0.836. The van der Waals surface area contributed by atoms with Crippen molar-refractivity contribution in [3.05, 3.63) is 93.4 Å². The van der Waals surface area contributed by atoms with Gasteiger partial charge in [-0.05, 0) is 99.0 Å². The molecule has 1 aliphatic carbocycles. The largest absolute Gasteiger partial charge is 0.507 e. The third-order valence-corrected chi connectivity index (χ3v) is 6.87. The molecule has 1 unspecified atom stereocenters. The topological polar surface area (TPSA) is 70.8 Å². The van der Waals surface area contributed by atoms with Crippen molar-refractivity contribution in [2.24, 2.45) is 0 Å². The van der Waals surface area contributed by atoms with E-state index in [0.717, 1.165) is 36.8 Å². The molecule has 0 bridgehead atoms. The van der Waals surface area contributed by atoms with Crippen molar-refractivity contribution in [2.45, 2.75) is 52.5 Å². The first-order chi connectivity index (χ1) is 15.8. The number of carbonyl (C=O) groups excluding carboxylic acids is 2. The van der Waals surface area contributed by atoms with Gasteiger partial charge in [0.15, 0.2) is 0 Å². The van der Waals surface area contributed by atoms with Crippen LogP contribution < -0.4 is 4.90 Å². The molecule has 0 spiro atoms. The van der Waals surface area contributed by atoms with Crippen LogP contribution >= 0.6 is 0 Å². The molecular formula is C28H27NO4. The van der Waals surface area contributed by atoms with Gasteiger partial charge in [-0.15, -0.1) is 0 Å². The molecule has 5 rings (SSSR count). The highest BCUT2D eigenvalue weighted by molar-refractivity contribution is 6.51. The minimum Gasteiger partial charge on any atom is -0.507 e. The zero-order valence-corrected chi connectivity index (χ0v) is 19.1. The lowest BCUT2D eigenvalue weighted by Crippen LogP contribution is -2.29. The van der Waals surface area contributed by atoms with Crippen LogP contribution in [0.4, 0.5) is 5.69 Å². The quantitative estimate of drug-likeness (QED) is 0.321. The highest BCUT2D eigenvalue weighted by Crippen LogP contribution is 2.43. The Morgan fingerprint density at radius 1 is 0.909 bits per heavy atom. The molecule has 1 amide bonds. The summed E-state index contributed by atoms with van der Waals surface area (Å²) in [5.41, 5.74) is 5.80. The molecule has 1 N–H and O–H groups in total. The maximum Gasteiger partial charge on any atom is 0.300 e. The molecule has 2 aliphatic rings. The molecule has 2 aromatic carbocycles. The van der Waals surface area contributed by atoms with Crippen LogP contribution in [0, 0.1) is 20.8 Å². The SMILES string of the molecule is Cc1ccc(C2/C(=C(/O)c3ccc4c(c3)CCCC4)C(=O)C(=O)N2c2ccc(C)c(C)c2)o1. The number of benzene rings is 2. The van der Waals surface area contributed by atoms with Crippen molar-refractivity contribution in [3.8, 4) is 0 Å². The third kappa shape index (κ3) is 3.58. The summed E-state index contributed by atoms with van der Waals surface area (Å²) in [5, 5.41) is 11.4. The van der Waals surface area contributed by atoms with Crippen LogP contribution in [0.5, 0.6) is 0 Å². The number of aliphatic hydroxyl groups excluding tert-OH is 1. The second-order valence-electron chi connectivity index (χ2n) is 9.08. The van der Waals surface area contributed by atoms with E-state index in [-0.39, 0.29) is 11.3 Å². The summed E-state index contributed by atoms with van der Waals surface area (Å²) >= 11 is 0. The van der Waals surface area contributed by atoms with Crippen molar-refractivity contribution < 1.29 is 19.1 Å². The summed E-state index contributed by atoms with van der Waals surface area (Å²) in [4.78, 5) is 28.0. The average Bonchev–Trinajstić information content (AvgIpc) is 3.35. The molecule has 1 atom stereocenters. The zero-order valence-electron chi connectivity index (χ0n) is 19.1. The molecular weight excluding hydrogens is 414 g/mol. The molecule has 0 radical (unpaired) electrons. The number of anilines is 1. The van der Waals surface area contributed by atoms with E-state index < -0.39 is 17.7 Å².